The molecule has 9 heteroatoms. The SMILES string of the molecule is Cc1cccc(N/N=C/c2nc(OCCN3CCOCC3)cc(N3CCOCC3)n2)c1. The van der Waals surface area contributed by atoms with E-state index in [4.69, 9.17) is 14.2 Å². The Morgan fingerprint density at radius 3 is 2.61 bits per heavy atom. The van der Waals surface area contributed by atoms with Crippen LogP contribution in [0.4, 0.5) is 11.5 Å². The first-order valence-electron chi connectivity index (χ1n) is 10.8. The molecule has 1 aromatic carbocycles. The lowest BCUT2D eigenvalue weighted by Crippen LogP contribution is -2.38. The number of hydrogen-bond acceptors (Lipinski definition) is 9. The van der Waals surface area contributed by atoms with Crippen molar-refractivity contribution in [2.45, 2.75) is 6.92 Å². The Morgan fingerprint density at radius 2 is 1.84 bits per heavy atom. The summed E-state index contributed by atoms with van der Waals surface area (Å²) in [4.78, 5) is 13.7. The zero-order chi connectivity index (χ0) is 21.3. The van der Waals surface area contributed by atoms with Crippen molar-refractivity contribution in [1.82, 2.24) is 14.9 Å². The zero-order valence-electron chi connectivity index (χ0n) is 18.0. The van der Waals surface area contributed by atoms with Crippen molar-refractivity contribution in [3.8, 4) is 5.88 Å². The number of nitrogens with zero attached hydrogens (tertiary/aromatic N) is 5. The highest BCUT2D eigenvalue weighted by Gasteiger charge is 2.16. The summed E-state index contributed by atoms with van der Waals surface area (Å²) in [6, 6.07) is 9.93. The predicted octanol–water partition coefficient (Wildman–Crippen LogP) is 1.78. The molecule has 0 radical (unpaired) electrons. The summed E-state index contributed by atoms with van der Waals surface area (Å²) in [6.07, 6.45) is 1.63. The minimum Gasteiger partial charge on any atom is -0.476 e. The molecule has 2 aliphatic heterocycles. The van der Waals surface area contributed by atoms with Gasteiger partial charge in [0, 0.05) is 38.8 Å². The molecule has 0 atom stereocenters. The molecule has 2 aliphatic rings. The summed E-state index contributed by atoms with van der Waals surface area (Å²) in [5.74, 6) is 1.89. The van der Waals surface area contributed by atoms with Crippen molar-refractivity contribution in [1.29, 1.82) is 0 Å². The summed E-state index contributed by atoms with van der Waals surface area (Å²) >= 11 is 0. The van der Waals surface area contributed by atoms with E-state index in [2.05, 4.69) is 30.3 Å². The van der Waals surface area contributed by atoms with Gasteiger partial charge in [-0.2, -0.15) is 10.1 Å². The van der Waals surface area contributed by atoms with E-state index in [0.29, 0.717) is 31.5 Å². The molecule has 0 bridgehead atoms. The third-order valence-corrected chi connectivity index (χ3v) is 5.19. The van der Waals surface area contributed by atoms with Gasteiger partial charge in [0.1, 0.15) is 12.4 Å². The Hall–Kier alpha value is -2.75. The molecule has 0 saturated carbocycles. The second-order valence-corrected chi connectivity index (χ2v) is 7.56. The first-order valence-corrected chi connectivity index (χ1v) is 10.8. The number of nitrogens with one attached hydrogen (secondary N) is 1. The first kappa shape index (κ1) is 21.5. The van der Waals surface area contributed by atoms with Crippen LogP contribution < -0.4 is 15.1 Å². The second-order valence-electron chi connectivity index (χ2n) is 7.56. The van der Waals surface area contributed by atoms with Crippen LogP contribution in [0.1, 0.15) is 11.4 Å². The topological polar surface area (TPSA) is 84.3 Å². The minimum atomic E-state index is 0.505. The van der Waals surface area contributed by atoms with Crippen LogP contribution in [0.3, 0.4) is 0 Å². The zero-order valence-corrected chi connectivity index (χ0v) is 18.0. The molecule has 9 nitrogen and oxygen atoms in total. The summed E-state index contributed by atoms with van der Waals surface area (Å²) < 4.78 is 16.9. The van der Waals surface area contributed by atoms with Gasteiger partial charge < -0.3 is 19.1 Å². The van der Waals surface area contributed by atoms with Crippen LogP contribution in [0.2, 0.25) is 0 Å². The van der Waals surface area contributed by atoms with Gasteiger partial charge in [-0.05, 0) is 24.6 Å². The molecule has 2 aromatic rings. The maximum Gasteiger partial charge on any atom is 0.219 e. The van der Waals surface area contributed by atoms with Crippen LogP contribution in [0.5, 0.6) is 5.88 Å². The summed E-state index contributed by atoms with van der Waals surface area (Å²) in [5, 5.41) is 4.31. The molecule has 31 heavy (non-hydrogen) atoms. The fourth-order valence-corrected chi connectivity index (χ4v) is 3.50. The van der Waals surface area contributed by atoms with Gasteiger partial charge in [0.2, 0.25) is 5.88 Å². The maximum absolute atomic E-state index is 5.99. The van der Waals surface area contributed by atoms with E-state index in [0.717, 1.165) is 57.4 Å². The molecule has 4 rings (SSSR count). The minimum absolute atomic E-state index is 0.505. The van der Waals surface area contributed by atoms with Crippen molar-refractivity contribution in [3.05, 3.63) is 41.7 Å². The lowest BCUT2D eigenvalue weighted by molar-refractivity contribution is 0.0320. The molecule has 0 aliphatic carbocycles. The average Bonchev–Trinajstić information content (AvgIpc) is 2.80. The highest BCUT2D eigenvalue weighted by atomic mass is 16.5. The lowest BCUT2D eigenvalue weighted by Gasteiger charge is -2.28. The second kappa shape index (κ2) is 11.0. The molecular formula is C22H30N6O3. The van der Waals surface area contributed by atoms with E-state index in [1.165, 1.54) is 5.56 Å². The molecule has 2 saturated heterocycles. The van der Waals surface area contributed by atoms with Crippen LogP contribution in [-0.2, 0) is 9.47 Å². The fraction of sp³-hybridized carbons (Fsp3) is 0.500. The standard InChI is InChI=1S/C22H30N6O3/c1-18-3-2-4-19(15-18)26-23-17-20-24-21(28-8-12-30-13-9-28)16-22(25-20)31-14-7-27-5-10-29-11-6-27/h2-4,15-17,26H,5-14H2,1H3/b23-17+. The first-order chi connectivity index (χ1) is 15.3. The van der Waals surface area contributed by atoms with Crippen molar-refractivity contribution < 1.29 is 14.2 Å². The van der Waals surface area contributed by atoms with E-state index in [9.17, 15) is 0 Å². The molecule has 3 heterocycles. The van der Waals surface area contributed by atoms with Crippen LogP contribution in [0.25, 0.3) is 0 Å². The van der Waals surface area contributed by atoms with E-state index >= 15 is 0 Å². The number of hydrogen-bond donors (Lipinski definition) is 1. The van der Waals surface area contributed by atoms with Gasteiger partial charge in [-0.3, -0.25) is 10.3 Å². The van der Waals surface area contributed by atoms with Gasteiger partial charge in [0.25, 0.3) is 0 Å². The van der Waals surface area contributed by atoms with E-state index in [-0.39, 0.29) is 0 Å². The van der Waals surface area contributed by atoms with Gasteiger partial charge >= 0.3 is 0 Å². The van der Waals surface area contributed by atoms with E-state index < -0.39 is 0 Å². The third kappa shape index (κ3) is 6.61. The van der Waals surface area contributed by atoms with Crippen LogP contribution in [0, 0.1) is 6.92 Å². The molecule has 0 spiro atoms. The number of anilines is 2. The van der Waals surface area contributed by atoms with Crippen LogP contribution in [0.15, 0.2) is 35.4 Å². The summed E-state index contributed by atoms with van der Waals surface area (Å²) in [7, 11) is 0. The van der Waals surface area contributed by atoms with E-state index in [1.54, 1.807) is 6.21 Å². The number of aryl methyl sites for hydroxylation is 1. The number of aromatic nitrogens is 2. The largest absolute Gasteiger partial charge is 0.476 e. The Morgan fingerprint density at radius 1 is 1.06 bits per heavy atom. The summed E-state index contributed by atoms with van der Waals surface area (Å²) in [5.41, 5.74) is 5.12. The number of morpholine rings is 2. The molecule has 0 amide bonds. The number of hydrazone groups is 1. The quantitative estimate of drug-likeness (QED) is 0.505. The fourth-order valence-electron chi connectivity index (χ4n) is 3.50. The molecule has 166 valence electrons. The summed E-state index contributed by atoms with van der Waals surface area (Å²) in [6.45, 7) is 9.87. The molecule has 1 N–H and O–H groups in total. The van der Waals surface area contributed by atoms with Gasteiger partial charge in [-0.25, -0.2) is 4.98 Å². The Labute approximate surface area is 183 Å². The molecular weight excluding hydrogens is 396 g/mol. The molecule has 0 unspecified atom stereocenters. The Bertz CT molecular complexity index is 866. The van der Waals surface area contributed by atoms with Crippen molar-refractivity contribution in [2.24, 2.45) is 5.10 Å². The van der Waals surface area contributed by atoms with E-state index in [1.807, 2.05) is 37.3 Å². The number of benzene rings is 1. The lowest BCUT2D eigenvalue weighted by atomic mass is 10.2. The van der Waals surface area contributed by atoms with Crippen molar-refractivity contribution in [2.75, 3.05) is 76.1 Å². The smallest absolute Gasteiger partial charge is 0.219 e. The van der Waals surface area contributed by atoms with Gasteiger partial charge in [0.05, 0.1) is 38.3 Å². The maximum atomic E-state index is 5.99. The molecule has 2 fully saturated rings. The highest BCUT2D eigenvalue weighted by Crippen LogP contribution is 2.19. The Balaban J connectivity index is 1.43. The average molecular weight is 427 g/mol. The van der Waals surface area contributed by atoms with Gasteiger partial charge in [-0.15, -0.1) is 0 Å². The number of rotatable bonds is 8. The predicted molar refractivity (Wildman–Crippen MR) is 120 cm³/mol. The van der Waals surface area contributed by atoms with Crippen molar-refractivity contribution in [3.63, 3.8) is 0 Å². The number of ether oxygens (including phenoxy) is 3. The van der Waals surface area contributed by atoms with Crippen molar-refractivity contribution >= 4 is 17.7 Å². The normalized spacial score (nSPS) is 17.8. The van der Waals surface area contributed by atoms with Crippen LogP contribution in [-0.4, -0.2) is 86.8 Å². The monoisotopic (exact) mass is 426 g/mol. The molecule has 1 aromatic heterocycles. The van der Waals surface area contributed by atoms with Crippen LogP contribution >= 0.6 is 0 Å². The highest BCUT2D eigenvalue weighted by molar-refractivity contribution is 5.76. The van der Waals surface area contributed by atoms with Gasteiger partial charge in [0.15, 0.2) is 5.82 Å². The Kier molecular flexibility index (Phi) is 7.65. The third-order valence-electron chi connectivity index (χ3n) is 5.19. The van der Waals surface area contributed by atoms with Gasteiger partial charge in [-0.1, -0.05) is 12.1 Å².